The van der Waals surface area contributed by atoms with Crippen LogP contribution in [0.4, 0.5) is 0 Å². The van der Waals surface area contributed by atoms with E-state index in [-0.39, 0.29) is 22.4 Å². The number of aromatic nitrogens is 3. The molecule has 152 valence electrons. The summed E-state index contributed by atoms with van der Waals surface area (Å²) in [4.78, 5) is 32.1. The van der Waals surface area contributed by atoms with E-state index in [2.05, 4.69) is 15.9 Å². The van der Waals surface area contributed by atoms with Crippen molar-refractivity contribution in [3.63, 3.8) is 0 Å². The molecule has 4 aromatic rings. The molecular formula is C24H22BrN3O2. The monoisotopic (exact) mass is 463 g/mol. The first-order valence-corrected chi connectivity index (χ1v) is 11.2. The molecular weight excluding hydrogens is 442 g/mol. The molecule has 0 radical (unpaired) electrons. The molecule has 0 unspecified atom stereocenters. The molecule has 0 atom stereocenters. The highest BCUT2D eigenvalue weighted by Gasteiger charge is 2.25. The van der Waals surface area contributed by atoms with E-state index in [1.165, 1.54) is 6.42 Å². The summed E-state index contributed by atoms with van der Waals surface area (Å²) >= 11 is 3.54. The molecule has 2 aromatic heterocycles. The number of hydrogen-bond acceptors (Lipinski definition) is 3. The van der Waals surface area contributed by atoms with Crippen molar-refractivity contribution in [3.05, 3.63) is 73.6 Å². The Morgan fingerprint density at radius 3 is 2.53 bits per heavy atom. The first-order chi connectivity index (χ1) is 14.6. The molecule has 0 aliphatic heterocycles. The Morgan fingerprint density at radius 2 is 1.77 bits per heavy atom. The first kappa shape index (κ1) is 19.2. The number of halogens is 1. The van der Waals surface area contributed by atoms with Crippen LogP contribution < -0.4 is 11.0 Å². The largest absolute Gasteiger partial charge is 0.328 e. The van der Waals surface area contributed by atoms with E-state index in [9.17, 15) is 9.59 Å². The van der Waals surface area contributed by atoms with Crippen molar-refractivity contribution in [2.45, 2.75) is 38.1 Å². The first-order valence-electron chi connectivity index (χ1n) is 10.4. The van der Waals surface area contributed by atoms with Gasteiger partial charge in [-0.2, -0.15) is 0 Å². The van der Waals surface area contributed by atoms with Crippen LogP contribution >= 0.6 is 15.9 Å². The van der Waals surface area contributed by atoms with Gasteiger partial charge in [-0.3, -0.25) is 14.2 Å². The number of fused-ring (bicyclic) bond motifs is 2. The van der Waals surface area contributed by atoms with Gasteiger partial charge in [-0.25, -0.2) is 4.98 Å². The molecule has 1 aliphatic rings. The molecule has 5 nitrogen and oxygen atoms in total. The quantitative estimate of drug-likeness (QED) is 0.384. The van der Waals surface area contributed by atoms with E-state index in [0.29, 0.717) is 16.9 Å². The fraction of sp³-hybridized carbons (Fsp3) is 0.292. The standard InChI is InChI=1S/C24H22BrN3O2/c1-27-19-13-6-5-12-18(19)21(29)20-23(27)26-22(15-8-7-9-16(25)14-15)28(24(20)30)17-10-3-2-4-11-17/h5-9,12-14,17H,2-4,10-11H2,1H3. The highest BCUT2D eigenvalue weighted by Crippen LogP contribution is 2.32. The number of pyridine rings is 1. The van der Waals surface area contributed by atoms with Crippen LogP contribution in [0.15, 0.2) is 62.6 Å². The summed E-state index contributed by atoms with van der Waals surface area (Å²) in [7, 11) is 1.87. The maximum atomic E-state index is 13.8. The molecule has 5 rings (SSSR count). The highest BCUT2D eigenvalue weighted by molar-refractivity contribution is 9.10. The minimum Gasteiger partial charge on any atom is -0.328 e. The van der Waals surface area contributed by atoms with Crippen LogP contribution in [-0.2, 0) is 7.05 Å². The molecule has 0 N–H and O–H groups in total. The fourth-order valence-electron chi connectivity index (χ4n) is 4.68. The molecule has 0 spiro atoms. The number of rotatable bonds is 2. The van der Waals surface area contributed by atoms with E-state index < -0.39 is 0 Å². The lowest BCUT2D eigenvalue weighted by atomic mass is 9.94. The molecule has 6 heteroatoms. The van der Waals surface area contributed by atoms with Gasteiger partial charge in [0.05, 0.1) is 5.52 Å². The van der Waals surface area contributed by atoms with Gasteiger partial charge in [0.15, 0.2) is 5.65 Å². The Morgan fingerprint density at radius 1 is 1.00 bits per heavy atom. The average Bonchev–Trinajstić information content (AvgIpc) is 2.77. The van der Waals surface area contributed by atoms with Crippen molar-refractivity contribution in [2.24, 2.45) is 7.05 Å². The predicted molar refractivity (Wildman–Crippen MR) is 124 cm³/mol. The number of para-hydroxylation sites is 1. The van der Waals surface area contributed by atoms with Crippen LogP contribution in [-0.4, -0.2) is 14.1 Å². The smallest absolute Gasteiger partial charge is 0.267 e. The maximum absolute atomic E-state index is 13.8. The molecule has 1 fully saturated rings. The molecule has 2 heterocycles. The van der Waals surface area contributed by atoms with E-state index in [1.807, 2.05) is 54.1 Å². The molecule has 1 saturated carbocycles. The van der Waals surface area contributed by atoms with Gasteiger partial charge in [-0.15, -0.1) is 0 Å². The van der Waals surface area contributed by atoms with Gasteiger partial charge >= 0.3 is 0 Å². The minimum atomic E-state index is -0.235. The summed E-state index contributed by atoms with van der Waals surface area (Å²) < 4.78 is 4.58. The van der Waals surface area contributed by atoms with Gasteiger partial charge in [0, 0.05) is 28.5 Å². The number of aryl methyl sites for hydroxylation is 1. The van der Waals surface area contributed by atoms with Crippen molar-refractivity contribution in [1.82, 2.24) is 14.1 Å². The van der Waals surface area contributed by atoms with Crippen LogP contribution in [0.5, 0.6) is 0 Å². The summed E-state index contributed by atoms with van der Waals surface area (Å²) in [5, 5.41) is 0.734. The van der Waals surface area contributed by atoms with Crippen LogP contribution in [0.1, 0.15) is 38.1 Å². The van der Waals surface area contributed by atoms with Crippen LogP contribution in [0.2, 0.25) is 0 Å². The van der Waals surface area contributed by atoms with Crippen molar-refractivity contribution in [3.8, 4) is 11.4 Å². The van der Waals surface area contributed by atoms with Gasteiger partial charge in [-0.05, 0) is 37.1 Å². The third-order valence-corrected chi connectivity index (χ3v) is 6.67. The van der Waals surface area contributed by atoms with E-state index in [1.54, 1.807) is 10.6 Å². The third-order valence-electron chi connectivity index (χ3n) is 6.17. The second kappa shape index (κ2) is 7.51. The molecule has 0 amide bonds. The summed E-state index contributed by atoms with van der Waals surface area (Å²) in [5.41, 5.74) is 1.62. The van der Waals surface area contributed by atoms with Crippen molar-refractivity contribution < 1.29 is 0 Å². The summed E-state index contributed by atoms with van der Waals surface area (Å²) in [6.07, 6.45) is 5.22. The van der Waals surface area contributed by atoms with Gasteiger partial charge in [0.25, 0.3) is 5.56 Å². The number of nitrogens with zero attached hydrogens (tertiary/aromatic N) is 3. The van der Waals surface area contributed by atoms with E-state index >= 15 is 0 Å². The Hall–Kier alpha value is -2.73. The molecule has 2 aromatic carbocycles. The lowest BCUT2D eigenvalue weighted by molar-refractivity contribution is 0.348. The summed E-state index contributed by atoms with van der Waals surface area (Å²) in [6.45, 7) is 0. The molecule has 0 saturated heterocycles. The lowest BCUT2D eigenvalue weighted by Gasteiger charge is -2.27. The van der Waals surface area contributed by atoms with E-state index in [0.717, 1.165) is 41.2 Å². The minimum absolute atomic E-state index is 0.0632. The molecule has 1 aliphatic carbocycles. The Labute approximate surface area is 182 Å². The number of benzene rings is 2. The zero-order valence-electron chi connectivity index (χ0n) is 16.8. The van der Waals surface area contributed by atoms with Gasteiger partial charge < -0.3 is 4.57 Å². The summed E-state index contributed by atoms with van der Waals surface area (Å²) in [5.74, 6) is 0.631. The Bertz CT molecular complexity index is 1400. The lowest BCUT2D eigenvalue weighted by Crippen LogP contribution is -2.32. The third kappa shape index (κ3) is 3.01. The zero-order valence-corrected chi connectivity index (χ0v) is 18.4. The van der Waals surface area contributed by atoms with Crippen LogP contribution in [0.25, 0.3) is 33.3 Å². The van der Waals surface area contributed by atoms with Gasteiger partial charge in [-0.1, -0.05) is 59.5 Å². The number of hydrogen-bond donors (Lipinski definition) is 0. The predicted octanol–water partition coefficient (Wildman–Crippen LogP) is 5.18. The van der Waals surface area contributed by atoms with E-state index in [4.69, 9.17) is 4.98 Å². The SMILES string of the molecule is Cn1c2ccccc2c(=O)c2c(=O)n(C3CCCCC3)c(-c3cccc(Br)c3)nc21. The molecule has 30 heavy (non-hydrogen) atoms. The average molecular weight is 464 g/mol. The Kier molecular flexibility index (Phi) is 4.82. The normalized spacial score (nSPS) is 15.1. The second-order valence-corrected chi connectivity index (χ2v) is 8.93. The maximum Gasteiger partial charge on any atom is 0.267 e. The van der Waals surface area contributed by atoms with Gasteiger partial charge in [0.2, 0.25) is 5.43 Å². The van der Waals surface area contributed by atoms with Crippen molar-refractivity contribution in [2.75, 3.05) is 0 Å². The van der Waals surface area contributed by atoms with Crippen LogP contribution in [0, 0.1) is 0 Å². The highest BCUT2D eigenvalue weighted by atomic mass is 79.9. The zero-order chi connectivity index (χ0) is 20.8. The Balaban J connectivity index is 1.94. The molecule has 0 bridgehead atoms. The van der Waals surface area contributed by atoms with Crippen molar-refractivity contribution >= 4 is 37.9 Å². The second-order valence-electron chi connectivity index (χ2n) is 8.02. The topological polar surface area (TPSA) is 56.9 Å². The fourth-order valence-corrected chi connectivity index (χ4v) is 5.08. The van der Waals surface area contributed by atoms with Gasteiger partial charge in [0.1, 0.15) is 11.2 Å². The van der Waals surface area contributed by atoms with Crippen molar-refractivity contribution in [1.29, 1.82) is 0 Å². The van der Waals surface area contributed by atoms with Crippen LogP contribution in [0.3, 0.4) is 0 Å². The summed E-state index contributed by atoms with van der Waals surface area (Å²) in [6, 6.07) is 15.3.